The molecule has 3 rings (SSSR count). The molecule has 1 heterocycles. The SMILES string of the molecule is Cn1ncc(C=CC(=O)Nc2ccc(O)cc2)c1-c1ccc(F)cc1. The van der Waals surface area contributed by atoms with Crippen molar-refractivity contribution in [2.75, 3.05) is 5.32 Å². The van der Waals surface area contributed by atoms with Crippen LogP contribution >= 0.6 is 0 Å². The van der Waals surface area contributed by atoms with Crippen LogP contribution in [0.5, 0.6) is 5.75 Å². The topological polar surface area (TPSA) is 67.2 Å². The zero-order valence-electron chi connectivity index (χ0n) is 13.5. The highest BCUT2D eigenvalue weighted by molar-refractivity contribution is 6.02. The van der Waals surface area contributed by atoms with Crippen LogP contribution < -0.4 is 5.32 Å². The van der Waals surface area contributed by atoms with Crippen LogP contribution in [-0.4, -0.2) is 20.8 Å². The monoisotopic (exact) mass is 337 g/mol. The Kier molecular flexibility index (Phi) is 4.61. The van der Waals surface area contributed by atoms with Gasteiger partial charge in [-0.1, -0.05) is 0 Å². The van der Waals surface area contributed by atoms with E-state index in [1.54, 1.807) is 48.3 Å². The van der Waals surface area contributed by atoms with Gasteiger partial charge in [-0.3, -0.25) is 9.48 Å². The molecule has 0 aliphatic carbocycles. The van der Waals surface area contributed by atoms with Crippen LogP contribution in [0.1, 0.15) is 5.56 Å². The maximum atomic E-state index is 13.1. The van der Waals surface area contributed by atoms with Crippen molar-refractivity contribution in [3.63, 3.8) is 0 Å². The zero-order valence-corrected chi connectivity index (χ0v) is 13.5. The number of rotatable bonds is 4. The number of aryl methyl sites for hydroxylation is 1. The van der Waals surface area contributed by atoms with Crippen molar-refractivity contribution in [3.8, 4) is 17.0 Å². The molecule has 6 heteroatoms. The van der Waals surface area contributed by atoms with Gasteiger partial charge < -0.3 is 10.4 Å². The number of anilines is 1. The van der Waals surface area contributed by atoms with Crippen LogP contribution in [-0.2, 0) is 11.8 Å². The molecular weight excluding hydrogens is 321 g/mol. The number of benzene rings is 2. The van der Waals surface area contributed by atoms with E-state index in [1.165, 1.54) is 30.3 Å². The summed E-state index contributed by atoms with van der Waals surface area (Å²) < 4.78 is 14.8. The summed E-state index contributed by atoms with van der Waals surface area (Å²) in [5.74, 6) is -0.483. The summed E-state index contributed by atoms with van der Waals surface area (Å²) in [5, 5.41) is 16.1. The number of aromatic nitrogens is 2. The van der Waals surface area contributed by atoms with Crippen LogP contribution in [0.3, 0.4) is 0 Å². The van der Waals surface area contributed by atoms with E-state index in [0.717, 1.165) is 16.8 Å². The predicted octanol–water partition coefficient (Wildman–Crippen LogP) is 3.58. The molecule has 0 bridgehead atoms. The van der Waals surface area contributed by atoms with Crippen molar-refractivity contribution in [2.45, 2.75) is 0 Å². The molecular formula is C19H16FN3O2. The molecule has 0 aliphatic rings. The van der Waals surface area contributed by atoms with Gasteiger partial charge in [-0.05, 0) is 54.6 Å². The van der Waals surface area contributed by atoms with Crippen molar-refractivity contribution in [3.05, 3.63) is 72.2 Å². The number of halogens is 1. The predicted molar refractivity (Wildman–Crippen MR) is 94.4 cm³/mol. The van der Waals surface area contributed by atoms with E-state index < -0.39 is 0 Å². The Hall–Kier alpha value is -3.41. The van der Waals surface area contributed by atoms with Crippen LogP contribution in [0.2, 0.25) is 0 Å². The Balaban J connectivity index is 1.78. The van der Waals surface area contributed by atoms with Gasteiger partial charge in [0.15, 0.2) is 0 Å². The van der Waals surface area contributed by atoms with Gasteiger partial charge in [-0.25, -0.2) is 4.39 Å². The first kappa shape index (κ1) is 16.4. The summed E-state index contributed by atoms with van der Waals surface area (Å²) in [4.78, 5) is 12.0. The average Bonchev–Trinajstić information content (AvgIpc) is 2.97. The van der Waals surface area contributed by atoms with E-state index in [0.29, 0.717) is 5.69 Å². The quantitative estimate of drug-likeness (QED) is 0.565. The van der Waals surface area contributed by atoms with Gasteiger partial charge in [-0.2, -0.15) is 5.10 Å². The second-order valence-corrected chi connectivity index (χ2v) is 5.45. The minimum atomic E-state index is -0.309. The minimum absolute atomic E-state index is 0.132. The first-order chi connectivity index (χ1) is 12.0. The largest absolute Gasteiger partial charge is 0.508 e. The Bertz CT molecular complexity index is 913. The van der Waals surface area contributed by atoms with Gasteiger partial charge in [0.2, 0.25) is 5.91 Å². The van der Waals surface area contributed by atoms with Gasteiger partial charge in [0.1, 0.15) is 11.6 Å². The lowest BCUT2D eigenvalue weighted by Crippen LogP contribution is -2.07. The van der Waals surface area contributed by atoms with Gasteiger partial charge in [0.25, 0.3) is 0 Å². The Morgan fingerprint density at radius 1 is 1.16 bits per heavy atom. The number of nitrogens with zero attached hydrogens (tertiary/aromatic N) is 2. The van der Waals surface area contributed by atoms with Gasteiger partial charge in [-0.15, -0.1) is 0 Å². The summed E-state index contributed by atoms with van der Waals surface area (Å²) >= 11 is 0. The first-order valence-electron chi connectivity index (χ1n) is 7.59. The van der Waals surface area contributed by atoms with Crippen LogP contribution in [0.15, 0.2) is 60.8 Å². The molecule has 2 N–H and O–H groups in total. The maximum Gasteiger partial charge on any atom is 0.248 e. The molecule has 25 heavy (non-hydrogen) atoms. The third-order valence-electron chi connectivity index (χ3n) is 3.63. The normalized spacial score (nSPS) is 11.0. The molecule has 3 aromatic rings. The summed E-state index contributed by atoms with van der Waals surface area (Å²) in [7, 11) is 1.78. The average molecular weight is 337 g/mol. The fourth-order valence-corrected chi connectivity index (χ4v) is 2.43. The fraction of sp³-hybridized carbons (Fsp3) is 0.0526. The molecule has 0 saturated carbocycles. The molecule has 0 saturated heterocycles. The van der Waals surface area contributed by atoms with Crippen molar-refractivity contribution in [1.82, 2.24) is 9.78 Å². The summed E-state index contributed by atoms with van der Waals surface area (Å²) in [5.41, 5.74) is 2.92. The molecule has 0 unspecified atom stereocenters. The molecule has 0 atom stereocenters. The van der Waals surface area contributed by atoms with Gasteiger partial charge >= 0.3 is 0 Å². The molecule has 1 amide bonds. The standard InChI is InChI=1S/C19H16FN3O2/c1-23-19(13-2-5-15(20)6-3-13)14(12-21-23)4-11-18(25)22-16-7-9-17(24)10-8-16/h2-12,24H,1H3,(H,22,25). The Morgan fingerprint density at radius 2 is 1.84 bits per heavy atom. The number of nitrogens with one attached hydrogen (secondary N) is 1. The van der Waals surface area contributed by atoms with E-state index >= 15 is 0 Å². The van der Waals surface area contributed by atoms with Gasteiger partial charge in [0, 0.05) is 29.9 Å². The zero-order chi connectivity index (χ0) is 17.8. The summed E-state index contributed by atoms with van der Waals surface area (Å²) in [6.45, 7) is 0. The van der Waals surface area contributed by atoms with Crippen LogP contribution in [0.4, 0.5) is 10.1 Å². The number of hydrogen-bond donors (Lipinski definition) is 2. The lowest BCUT2D eigenvalue weighted by atomic mass is 10.1. The van der Waals surface area contributed by atoms with Crippen molar-refractivity contribution >= 4 is 17.7 Å². The maximum absolute atomic E-state index is 13.1. The lowest BCUT2D eigenvalue weighted by molar-refractivity contribution is -0.111. The third kappa shape index (κ3) is 3.92. The number of phenols is 1. The molecule has 0 aliphatic heterocycles. The fourth-order valence-electron chi connectivity index (χ4n) is 2.43. The molecule has 2 aromatic carbocycles. The van der Waals surface area contributed by atoms with E-state index in [4.69, 9.17) is 0 Å². The number of carbonyl (C=O) groups excluding carboxylic acids is 1. The lowest BCUT2D eigenvalue weighted by Gasteiger charge is -2.04. The molecule has 0 radical (unpaired) electrons. The van der Waals surface area contributed by atoms with Gasteiger partial charge in [0.05, 0.1) is 11.9 Å². The Morgan fingerprint density at radius 3 is 2.52 bits per heavy atom. The first-order valence-corrected chi connectivity index (χ1v) is 7.59. The summed E-state index contributed by atoms with van der Waals surface area (Å²) in [6, 6.07) is 12.3. The molecule has 5 nitrogen and oxygen atoms in total. The third-order valence-corrected chi connectivity index (χ3v) is 3.63. The molecule has 126 valence electrons. The highest BCUT2D eigenvalue weighted by Gasteiger charge is 2.09. The number of amides is 1. The van der Waals surface area contributed by atoms with E-state index in [2.05, 4.69) is 10.4 Å². The number of hydrogen-bond acceptors (Lipinski definition) is 3. The minimum Gasteiger partial charge on any atom is -0.508 e. The summed E-state index contributed by atoms with van der Waals surface area (Å²) in [6.07, 6.45) is 4.70. The number of aromatic hydroxyl groups is 1. The van der Waals surface area contributed by atoms with Crippen LogP contribution in [0.25, 0.3) is 17.3 Å². The van der Waals surface area contributed by atoms with E-state index in [1.807, 2.05) is 0 Å². The smallest absolute Gasteiger partial charge is 0.248 e. The van der Waals surface area contributed by atoms with E-state index in [-0.39, 0.29) is 17.5 Å². The van der Waals surface area contributed by atoms with Crippen LogP contribution in [0, 0.1) is 5.82 Å². The van der Waals surface area contributed by atoms with Crippen molar-refractivity contribution in [2.24, 2.45) is 7.05 Å². The molecule has 0 spiro atoms. The van der Waals surface area contributed by atoms with E-state index in [9.17, 15) is 14.3 Å². The van der Waals surface area contributed by atoms with Crippen molar-refractivity contribution in [1.29, 1.82) is 0 Å². The number of carbonyl (C=O) groups is 1. The Labute approximate surface area is 144 Å². The second kappa shape index (κ2) is 7.00. The highest BCUT2D eigenvalue weighted by Crippen LogP contribution is 2.24. The molecule has 1 aromatic heterocycles. The number of phenolic OH excluding ortho intramolecular Hbond substituents is 1. The highest BCUT2D eigenvalue weighted by atomic mass is 19.1. The molecule has 0 fully saturated rings. The van der Waals surface area contributed by atoms with Crippen molar-refractivity contribution < 1.29 is 14.3 Å². The second-order valence-electron chi connectivity index (χ2n) is 5.45.